The molecule has 0 radical (unpaired) electrons. The lowest BCUT2D eigenvalue weighted by atomic mass is 10.00. The van der Waals surface area contributed by atoms with Gasteiger partial charge in [0.15, 0.2) is 6.10 Å². The highest BCUT2D eigenvalue weighted by atomic mass is 31.2. The van der Waals surface area contributed by atoms with Crippen molar-refractivity contribution in [1.29, 1.82) is 0 Å². The molecule has 0 aliphatic carbocycles. The van der Waals surface area contributed by atoms with Gasteiger partial charge < -0.3 is 20.0 Å². The molecule has 0 saturated carbocycles. The van der Waals surface area contributed by atoms with Gasteiger partial charge in [-0.05, 0) is 70.9 Å². The van der Waals surface area contributed by atoms with Gasteiger partial charge in [-0.25, -0.2) is 0 Å². The van der Waals surface area contributed by atoms with Gasteiger partial charge in [0.1, 0.15) is 0 Å². The summed E-state index contributed by atoms with van der Waals surface area (Å²) in [6.07, 6.45) is -9.34. The van der Waals surface area contributed by atoms with Gasteiger partial charge in [0.25, 0.3) is 14.7 Å². The molecule has 0 fully saturated rings. The first kappa shape index (κ1) is 37.5. The predicted octanol–water partition coefficient (Wildman–Crippen LogP) is 7.00. The minimum absolute atomic E-state index is 0.363. The Labute approximate surface area is 282 Å². The summed E-state index contributed by atoms with van der Waals surface area (Å²) in [5.41, 5.74) is 0.363. The third kappa shape index (κ3) is 10.3. The maximum absolute atomic E-state index is 12.2. The van der Waals surface area contributed by atoms with Crippen molar-refractivity contribution in [1.82, 2.24) is 0 Å². The Bertz CT molecular complexity index is 1810. The smallest absolute Gasteiger partial charge is 0.388 e. The van der Waals surface area contributed by atoms with Crippen LogP contribution in [0, 0.1) is 0 Å². The van der Waals surface area contributed by atoms with Crippen molar-refractivity contribution < 1.29 is 42.3 Å². The largest absolute Gasteiger partial charge is 0.414 e. The van der Waals surface area contributed by atoms with E-state index in [9.17, 15) is 37.2 Å². The fourth-order valence-corrected chi connectivity index (χ4v) is 7.62. The maximum Gasteiger partial charge on any atom is 0.414 e. The first-order chi connectivity index (χ1) is 23.3. The summed E-state index contributed by atoms with van der Waals surface area (Å²) in [5, 5.41) is 22.3. The van der Waals surface area contributed by atoms with Gasteiger partial charge in [0, 0.05) is 27.6 Å². The van der Waals surface area contributed by atoms with Crippen LogP contribution in [-0.4, -0.2) is 32.3 Å². The fraction of sp³-hybridized carbons (Fsp3) is 0.105. The molecule has 2 unspecified atom stereocenters. The normalized spacial score (nSPS) is 12.9. The first-order valence-electron chi connectivity index (χ1n) is 15.1. The summed E-state index contributed by atoms with van der Waals surface area (Å²) in [7, 11) is -6.79. The SMILES string of the molecule is O=P(O)(c1ccccc1)c1ccccc1.O=P(O)(c1ccccc1)c1ccccc1.OC(CC(O)C(F)(F)F)c1ccc2ccccc2c1. The lowest BCUT2D eigenvalue weighted by molar-refractivity contribution is -0.211. The summed E-state index contributed by atoms with van der Waals surface area (Å²) < 4.78 is 61.0. The minimum Gasteiger partial charge on any atom is -0.388 e. The molecule has 6 aromatic rings. The number of alkyl halides is 3. The number of benzene rings is 6. The number of hydrogen-bond acceptors (Lipinski definition) is 4. The second-order valence-corrected chi connectivity index (χ2v) is 15.3. The van der Waals surface area contributed by atoms with E-state index in [4.69, 9.17) is 5.11 Å². The van der Waals surface area contributed by atoms with Crippen molar-refractivity contribution in [2.75, 3.05) is 0 Å². The van der Waals surface area contributed by atoms with Crippen LogP contribution in [0.1, 0.15) is 18.1 Å². The van der Waals surface area contributed by atoms with E-state index in [2.05, 4.69) is 0 Å². The van der Waals surface area contributed by atoms with Crippen molar-refractivity contribution in [3.8, 4) is 0 Å². The van der Waals surface area contributed by atoms with Crippen molar-refractivity contribution in [2.24, 2.45) is 0 Å². The van der Waals surface area contributed by atoms with Crippen molar-refractivity contribution in [3.63, 3.8) is 0 Å². The number of rotatable bonds is 7. The zero-order valence-electron chi connectivity index (χ0n) is 26.1. The van der Waals surface area contributed by atoms with Gasteiger partial charge in [-0.3, -0.25) is 9.13 Å². The third-order valence-electron chi connectivity index (χ3n) is 7.41. The molecule has 0 heterocycles. The summed E-state index contributed by atoms with van der Waals surface area (Å²) >= 11 is 0. The minimum atomic E-state index is -4.71. The zero-order valence-corrected chi connectivity index (χ0v) is 27.9. The molecule has 2 atom stereocenters. The molecule has 4 N–H and O–H groups in total. The first-order valence-corrected chi connectivity index (χ1v) is 18.4. The molecular weight excluding hydrogens is 671 g/mol. The highest BCUT2D eigenvalue weighted by Gasteiger charge is 2.39. The van der Waals surface area contributed by atoms with Crippen LogP contribution in [0.15, 0.2) is 164 Å². The molecule has 6 aromatic carbocycles. The Morgan fingerprint density at radius 1 is 0.490 bits per heavy atom. The van der Waals surface area contributed by atoms with Crippen LogP contribution < -0.4 is 21.2 Å². The number of aliphatic hydroxyl groups is 2. The molecule has 0 spiro atoms. The van der Waals surface area contributed by atoms with Gasteiger partial charge in [0.2, 0.25) is 0 Å². The monoisotopic (exact) mass is 706 g/mol. The Hall–Kier alpha value is -4.33. The van der Waals surface area contributed by atoms with Crippen LogP contribution in [0.5, 0.6) is 0 Å². The summed E-state index contributed by atoms with van der Waals surface area (Å²) in [4.78, 5) is 20.0. The summed E-state index contributed by atoms with van der Waals surface area (Å²) in [6, 6.07) is 47.1. The lowest BCUT2D eigenvalue weighted by Gasteiger charge is -2.18. The molecule has 11 heteroatoms. The molecule has 0 amide bonds. The fourth-order valence-electron chi connectivity index (χ4n) is 4.71. The van der Waals surface area contributed by atoms with Crippen LogP contribution in [0.3, 0.4) is 0 Å². The quantitative estimate of drug-likeness (QED) is 0.133. The third-order valence-corrected chi connectivity index (χ3v) is 11.4. The molecule has 254 valence electrons. The van der Waals surface area contributed by atoms with Crippen molar-refractivity contribution in [2.45, 2.75) is 24.8 Å². The average molecular weight is 707 g/mol. The Morgan fingerprint density at radius 2 is 0.816 bits per heavy atom. The van der Waals surface area contributed by atoms with E-state index in [1.807, 2.05) is 48.5 Å². The van der Waals surface area contributed by atoms with E-state index >= 15 is 0 Å². The van der Waals surface area contributed by atoms with E-state index < -0.39 is 39.5 Å². The highest BCUT2D eigenvalue weighted by Crippen LogP contribution is 2.38. The van der Waals surface area contributed by atoms with Crippen LogP contribution in [-0.2, 0) is 9.13 Å². The van der Waals surface area contributed by atoms with Crippen LogP contribution in [0.25, 0.3) is 10.8 Å². The van der Waals surface area contributed by atoms with Crippen LogP contribution >= 0.6 is 14.7 Å². The standard InChI is InChI=1S/C14H13F3O2.2C12H11O2P/c15-14(16,17)13(19)8-12(18)11-6-5-9-3-1-2-4-10(9)7-11;2*13-15(14,11-7-3-1-4-8-11)12-9-5-2-6-10-12/h1-7,12-13,18-19H,8H2;2*1-10H,(H,13,14). The Morgan fingerprint density at radius 3 is 1.16 bits per heavy atom. The molecule has 49 heavy (non-hydrogen) atoms. The van der Waals surface area contributed by atoms with Crippen molar-refractivity contribution in [3.05, 3.63) is 169 Å². The van der Waals surface area contributed by atoms with Gasteiger partial charge in [-0.1, -0.05) is 109 Å². The molecule has 0 aliphatic heterocycles. The maximum atomic E-state index is 12.2. The van der Waals surface area contributed by atoms with Gasteiger partial charge in [0.05, 0.1) is 6.10 Å². The van der Waals surface area contributed by atoms with Gasteiger partial charge >= 0.3 is 6.18 Å². The van der Waals surface area contributed by atoms with E-state index in [1.165, 1.54) is 0 Å². The van der Waals surface area contributed by atoms with Crippen LogP contribution in [0.2, 0.25) is 0 Å². The Balaban J connectivity index is 0.000000167. The summed E-state index contributed by atoms with van der Waals surface area (Å²) in [6.45, 7) is 0. The lowest BCUT2D eigenvalue weighted by Crippen LogP contribution is -2.30. The Kier molecular flexibility index (Phi) is 12.9. The van der Waals surface area contributed by atoms with Crippen molar-refractivity contribution >= 4 is 46.7 Å². The predicted molar refractivity (Wildman–Crippen MR) is 190 cm³/mol. The summed E-state index contributed by atoms with van der Waals surface area (Å²) in [5.74, 6) is 0. The molecule has 6 nitrogen and oxygen atoms in total. The molecule has 0 aliphatic rings. The second-order valence-electron chi connectivity index (χ2n) is 10.9. The van der Waals surface area contributed by atoms with Gasteiger partial charge in [-0.2, -0.15) is 13.2 Å². The zero-order chi connectivity index (χ0) is 35.5. The average Bonchev–Trinajstić information content (AvgIpc) is 3.13. The van der Waals surface area contributed by atoms with E-state index in [-0.39, 0.29) is 0 Å². The number of fused-ring (bicyclic) bond motifs is 1. The number of hydrogen-bond donors (Lipinski definition) is 4. The number of halogens is 3. The van der Waals surface area contributed by atoms with E-state index in [1.54, 1.807) is 115 Å². The second kappa shape index (κ2) is 16.9. The molecular formula is C38H35F3O6P2. The van der Waals surface area contributed by atoms with Crippen LogP contribution in [0.4, 0.5) is 13.2 Å². The molecule has 6 rings (SSSR count). The molecule has 0 bridgehead atoms. The van der Waals surface area contributed by atoms with E-state index in [0.29, 0.717) is 26.8 Å². The number of aliphatic hydroxyl groups excluding tert-OH is 2. The molecule has 0 saturated heterocycles. The van der Waals surface area contributed by atoms with Gasteiger partial charge in [-0.15, -0.1) is 0 Å². The molecule has 0 aromatic heterocycles. The van der Waals surface area contributed by atoms with E-state index in [0.717, 1.165) is 10.8 Å². The highest BCUT2D eigenvalue weighted by molar-refractivity contribution is 7.73. The topological polar surface area (TPSA) is 115 Å².